The standard InChI is InChI=1S/C16H18ClN5O2/c17-11-5-7-13(8-6-11)22-9-14(19-20-22)16(24)21(10-15(18)23)12-3-1-2-4-12/h5-9,12H,1-4,10H2,(H2,18,23). The van der Waals surface area contributed by atoms with Crippen LogP contribution in [0.25, 0.3) is 5.69 Å². The Labute approximate surface area is 144 Å². The fourth-order valence-electron chi connectivity index (χ4n) is 2.98. The van der Waals surface area contributed by atoms with Crippen LogP contribution in [0.15, 0.2) is 30.5 Å². The van der Waals surface area contributed by atoms with E-state index in [2.05, 4.69) is 10.3 Å². The van der Waals surface area contributed by atoms with E-state index in [4.69, 9.17) is 17.3 Å². The Morgan fingerprint density at radius 2 is 1.92 bits per heavy atom. The minimum Gasteiger partial charge on any atom is -0.368 e. The van der Waals surface area contributed by atoms with Gasteiger partial charge in [-0.05, 0) is 37.1 Å². The molecule has 3 rings (SSSR count). The van der Waals surface area contributed by atoms with Crippen LogP contribution in [0.3, 0.4) is 0 Å². The van der Waals surface area contributed by atoms with Gasteiger partial charge in [0.25, 0.3) is 5.91 Å². The first-order valence-corrected chi connectivity index (χ1v) is 8.20. The Morgan fingerprint density at radius 3 is 2.54 bits per heavy atom. The third kappa shape index (κ3) is 3.56. The maximum absolute atomic E-state index is 12.7. The first-order valence-electron chi connectivity index (χ1n) is 7.82. The van der Waals surface area contributed by atoms with E-state index in [-0.39, 0.29) is 24.2 Å². The van der Waals surface area contributed by atoms with Gasteiger partial charge in [-0.1, -0.05) is 29.7 Å². The molecule has 0 spiro atoms. The first kappa shape index (κ1) is 16.4. The first-order chi connectivity index (χ1) is 11.5. The quantitative estimate of drug-likeness (QED) is 0.892. The molecule has 0 saturated heterocycles. The minimum atomic E-state index is -0.527. The van der Waals surface area contributed by atoms with Crippen LogP contribution < -0.4 is 5.73 Å². The third-order valence-electron chi connectivity index (χ3n) is 4.16. The normalized spacial score (nSPS) is 14.7. The number of nitrogens with zero attached hydrogens (tertiary/aromatic N) is 4. The van der Waals surface area contributed by atoms with Gasteiger partial charge in [0.1, 0.15) is 0 Å². The van der Waals surface area contributed by atoms with Crippen molar-refractivity contribution in [1.82, 2.24) is 19.9 Å². The van der Waals surface area contributed by atoms with E-state index >= 15 is 0 Å². The molecule has 1 aromatic heterocycles. The number of hydrogen-bond acceptors (Lipinski definition) is 4. The SMILES string of the molecule is NC(=O)CN(C(=O)c1cn(-c2ccc(Cl)cc2)nn1)C1CCCC1. The fraction of sp³-hybridized carbons (Fsp3) is 0.375. The van der Waals surface area contributed by atoms with E-state index in [9.17, 15) is 9.59 Å². The van der Waals surface area contributed by atoms with Gasteiger partial charge in [-0.3, -0.25) is 9.59 Å². The summed E-state index contributed by atoms with van der Waals surface area (Å²) in [4.78, 5) is 25.6. The van der Waals surface area contributed by atoms with E-state index < -0.39 is 5.91 Å². The zero-order valence-corrected chi connectivity index (χ0v) is 13.8. The monoisotopic (exact) mass is 347 g/mol. The molecule has 0 unspecified atom stereocenters. The Hall–Kier alpha value is -2.41. The van der Waals surface area contributed by atoms with Gasteiger partial charge in [-0.2, -0.15) is 0 Å². The smallest absolute Gasteiger partial charge is 0.276 e. The number of nitrogens with two attached hydrogens (primary N) is 1. The summed E-state index contributed by atoms with van der Waals surface area (Å²) in [5.41, 5.74) is 6.24. The molecule has 1 saturated carbocycles. The maximum atomic E-state index is 12.7. The topological polar surface area (TPSA) is 94.1 Å². The second-order valence-corrected chi connectivity index (χ2v) is 6.30. The van der Waals surface area contributed by atoms with Gasteiger partial charge in [0, 0.05) is 11.1 Å². The molecule has 24 heavy (non-hydrogen) atoms. The number of carbonyl (C=O) groups is 2. The number of primary amides is 1. The van der Waals surface area contributed by atoms with E-state index in [1.54, 1.807) is 30.5 Å². The lowest BCUT2D eigenvalue weighted by atomic mass is 10.2. The van der Waals surface area contributed by atoms with Gasteiger partial charge in [0.15, 0.2) is 5.69 Å². The van der Waals surface area contributed by atoms with Gasteiger partial charge >= 0.3 is 0 Å². The van der Waals surface area contributed by atoms with Crippen LogP contribution in [0.1, 0.15) is 36.2 Å². The van der Waals surface area contributed by atoms with E-state index in [1.807, 2.05) is 0 Å². The molecule has 1 aromatic carbocycles. The summed E-state index contributed by atoms with van der Waals surface area (Å²) in [6, 6.07) is 7.06. The van der Waals surface area contributed by atoms with Crippen molar-refractivity contribution >= 4 is 23.4 Å². The van der Waals surface area contributed by atoms with E-state index in [1.165, 1.54) is 9.58 Å². The van der Waals surface area contributed by atoms with Gasteiger partial charge in [-0.15, -0.1) is 5.10 Å². The molecule has 0 aliphatic heterocycles. The summed E-state index contributed by atoms with van der Waals surface area (Å²) in [5, 5.41) is 8.55. The lowest BCUT2D eigenvalue weighted by Crippen LogP contribution is -2.44. The molecule has 1 fully saturated rings. The summed E-state index contributed by atoms with van der Waals surface area (Å²) < 4.78 is 1.50. The predicted molar refractivity (Wildman–Crippen MR) is 88.9 cm³/mol. The van der Waals surface area contributed by atoms with Crippen molar-refractivity contribution in [3.05, 3.63) is 41.2 Å². The molecule has 7 nitrogen and oxygen atoms in total. The molecular formula is C16H18ClN5O2. The highest BCUT2D eigenvalue weighted by Crippen LogP contribution is 2.24. The lowest BCUT2D eigenvalue weighted by molar-refractivity contribution is -0.119. The van der Waals surface area contributed by atoms with Crippen molar-refractivity contribution in [2.75, 3.05) is 6.54 Å². The number of benzene rings is 1. The molecule has 0 radical (unpaired) electrons. The second-order valence-electron chi connectivity index (χ2n) is 5.86. The molecule has 0 atom stereocenters. The van der Waals surface area contributed by atoms with Crippen LogP contribution in [0, 0.1) is 0 Å². The Balaban J connectivity index is 1.82. The number of aromatic nitrogens is 3. The zero-order valence-electron chi connectivity index (χ0n) is 13.1. The number of halogens is 1. The molecule has 1 aliphatic carbocycles. The Bertz CT molecular complexity index is 737. The number of carbonyl (C=O) groups excluding carboxylic acids is 2. The fourth-order valence-corrected chi connectivity index (χ4v) is 3.11. The van der Waals surface area contributed by atoms with Gasteiger partial charge < -0.3 is 10.6 Å². The van der Waals surface area contributed by atoms with Gasteiger partial charge in [0.2, 0.25) is 5.91 Å². The van der Waals surface area contributed by atoms with E-state index in [0.29, 0.717) is 5.02 Å². The summed E-state index contributed by atoms with van der Waals surface area (Å²) in [6.45, 7) is -0.0999. The Kier molecular flexibility index (Phi) is 4.80. The van der Waals surface area contributed by atoms with Crippen LogP contribution >= 0.6 is 11.6 Å². The summed E-state index contributed by atoms with van der Waals surface area (Å²) in [6.07, 6.45) is 5.40. The van der Waals surface area contributed by atoms with Crippen LogP contribution in [-0.4, -0.2) is 44.3 Å². The molecule has 2 N–H and O–H groups in total. The second kappa shape index (κ2) is 7.00. The van der Waals surface area contributed by atoms with Crippen molar-refractivity contribution in [3.8, 4) is 5.69 Å². The average Bonchev–Trinajstić information content (AvgIpc) is 3.24. The van der Waals surface area contributed by atoms with E-state index in [0.717, 1.165) is 31.4 Å². The van der Waals surface area contributed by atoms with Crippen molar-refractivity contribution in [3.63, 3.8) is 0 Å². The van der Waals surface area contributed by atoms with Crippen LogP contribution in [0.5, 0.6) is 0 Å². The highest BCUT2D eigenvalue weighted by Gasteiger charge is 2.30. The summed E-state index contributed by atoms with van der Waals surface area (Å²) in [5.74, 6) is -0.846. The van der Waals surface area contributed by atoms with Crippen molar-refractivity contribution in [2.45, 2.75) is 31.7 Å². The Morgan fingerprint density at radius 1 is 1.25 bits per heavy atom. The lowest BCUT2D eigenvalue weighted by Gasteiger charge is -2.26. The van der Waals surface area contributed by atoms with Crippen LogP contribution in [-0.2, 0) is 4.79 Å². The summed E-state index contributed by atoms with van der Waals surface area (Å²) >= 11 is 5.87. The summed E-state index contributed by atoms with van der Waals surface area (Å²) in [7, 11) is 0. The van der Waals surface area contributed by atoms with Crippen molar-refractivity contribution < 1.29 is 9.59 Å². The molecule has 1 aliphatic rings. The maximum Gasteiger partial charge on any atom is 0.276 e. The van der Waals surface area contributed by atoms with Crippen molar-refractivity contribution in [1.29, 1.82) is 0 Å². The minimum absolute atomic E-state index is 0.0330. The van der Waals surface area contributed by atoms with Crippen molar-refractivity contribution in [2.24, 2.45) is 5.73 Å². The number of rotatable bonds is 5. The molecule has 126 valence electrons. The molecule has 2 amide bonds. The molecule has 0 bridgehead atoms. The average molecular weight is 348 g/mol. The molecule has 2 aromatic rings. The highest BCUT2D eigenvalue weighted by atomic mass is 35.5. The molecular weight excluding hydrogens is 330 g/mol. The highest BCUT2D eigenvalue weighted by molar-refractivity contribution is 6.30. The van der Waals surface area contributed by atoms with Crippen LogP contribution in [0.2, 0.25) is 5.02 Å². The van der Waals surface area contributed by atoms with Gasteiger partial charge in [-0.25, -0.2) is 4.68 Å². The number of hydrogen-bond donors (Lipinski definition) is 1. The predicted octanol–water partition coefficient (Wildman–Crippen LogP) is 1.79. The third-order valence-corrected chi connectivity index (χ3v) is 4.41. The zero-order chi connectivity index (χ0) is 17.1. The molecule has 8 heteroatoms. The largest absolute Gasteiger partial charge is 0.368 e. The number of amides is 2. The van der Waals surface area contributed by atoms with Gasteiger partial charge in [0.05, 0.1) is 18.4 Å². The molecule has 1 heterocycles. The van der Waals surface area contributed by atoms with Crippen LogP contribution in [0.4, 0.5) is 0 Å².